The second-order valence-electron chi connectivity index (χ2n) is 5.31. The molecule has 0 N–H and O–H groups in total. The van der Waals surface area contributed by atoms with Crippen molar-refractivity contribution < 1.29 is 4.39 Å². The highest BCUT2D eigenvalue weighted by molar-refractivity contribution is 5.59. The lowest BCUT2D eigenvalue weighted by molar-refractivity contribution is 0.750. The zero-order valence-electron chi connectivity index (χ0n) is 12.8. The molecular weight excluding hydrogens is 273 g/mol. The summed E-state index contributed by atoms with van der Waals surface area (Å²) in [5.74, 6) is -0.150. The van der Waals surface area contributed by atoms with Gasteiger partial charge in [0.2, 0.25) is 0 Å². The smallest absolute Gasteiger partial charge is 0.126 e. The van der Waals surface area contributed by atoms with Gasteiger partial charge in [-0.2, -0.15) is 5.26 Å². The molecule has 0 aromatic heterocycles. The van der Waals surface area contributed by atoms with Crippen molar-refractivity contribution in [1.29, 1.82) is 5.26 Å². The fourth-order valence-corrected chi connectivity index (χ4v) is 2.35. The molecule has 2 heteroatoms. The highest BCUT2D eigenvalue weighted by Gasteiger charge is 2.03. The maximum atomic E-state index is 13.8. The molecule has 0 unspecified atom stereocenters. The minimum Gasteiger partial charge on any atom is -0.207 e. The summed E-state index contributed by atoms with van der Waals surface area (Å²) < 4.78 is 13.8. The van der Waals surface area contributed by atoms with Crippen LogP contribution in [0.15, 0.2) is 54.6 Å². The van der Waals surface area contributed by atoms with Crippen LogP contribution in [-0.4, -0.2) is 0 Å². The number of unbranched alkanes of at least 4 members (excludes halogenated alkanes) is 1. The third-order valence-corrected chi connectivity index (χ3v) is 3.66. The van der Waals surface area contributed by atoms with Crippen LogP contribution in [0, 0.1) is 11.3 Å². The summed E-state index contributed by atoms with van der Waals surface area (Å²) >= 11 is 0. The summed E-state index contributed by atoms with van der Waals surface area (Å²) in [7, 11) is 0. The van der Waals surface area contributed by atoms with E-state index in [1.807, 2.05) is 55.5 Å². The normalized spacial score (nSPS) is 11.2. The Morgan fingerprint density at radius 2 is 1.82 bits per heavy atom. The highest BCUT2D eigenvalue weighted by Crippen LogP contribution is 2.19. The van der Waals surface area contributed by atoms with Crippen molar-refractivity contribution in [2.24, 2.45) is 0 Å². The molecule has 2 aromatic carbocycles. The van der Waals surface area contributed by atoms with Crippen LogP contribution in [0.2, 0.25) is 0 Å². The second-order valence-corrected chi connectivity index (χ2v) is 5.31. The quantitative estimate of drug-likeness (QED) is 0.694. The molecule has 0 aliphatic rings. The Bertz CT molecular complexity index is 678. The summed E-state index contributed by atoms with van der Waals surface area (Å²) in [6, 6.07) is 17.4. The first-order chi connectivity index (χ1) is 10.7. The van der Waals surface area contributed by atoms with Crippen LogP contribution < -0.4 is 0 Å². The van der Waals surface area contributed by atoms with Gasteiger partial charge in [0.1, 0.15) is 5.83 Å². The van der Waals surface area contributed by atoms with Crippen molar-refractivity contribution in [3.05, 3.63) is 76.9 Å². The molecule has 2 aromatic rings. The zero-order valence-corrected chi connectivity index (χ0v) is 12.8. The summed E-state index contributed by atoms with van der Waals surface area (Å²) in [6.45, 7) is 2.03. The lowest BCUT2D eigenvalue weighted by atomic mass is 9.99. The Hall–Kier alpha value is -2.40. The Morgan fingerprint density at radius 3 is 2.50 bits per heavy atom. The van der Waals surface area contributed by atoms with Gasteiger partial charge in [-0.25, -0.2) is 4.39 Å². The summed E-state index contributed by atoms with van der Waals surface area (Å²) in [6.07, 6.45) is 5.01. The van der Waals surface area contributed by atoms with Crippen LogP contribution in [0.1, 0.15) is 42.0 Å². The number of hydrogen-bond donors (Lipinski definition) is 0. The van der Waals surface area contributed by atoms with E-state index >= 15 is 0 Å². The van der Waals surface area contributed by atoms with Gasteiger partial charge in [-0.3, -0.25) is 0 Å². The lowest BCUT2D eigenvalue weighted by Crippen LogP contribution is -1.94. The number of hydrogen-bond acceptors (Lipinski definition) is 1. The summed E-state index contributed by atoms with van der Waals surface area (Å²) in [5.41, 5.74) is 3.57. The largest absolute Gasteiger partial charge is 0.207 e. The van der Waals surface area contributed by atoms with Crippen molar-refractivity contribution in [2.45, 2.75) is 32.6 Å². The number of nitrogens with zero attached hydrogens (tertiary/aromatic N) is 1. The minimum absolute atomic E-state index is 0.150. The van der Waals surface area contributed by atoms with Gasteiger partial charge >= 0.3 is 0 Å². The van der Waals surface area contributed by atoms with Crippen LogP contribution >= 0.6 is 0 Å². The van der Waals surface area contributed by atoms with Crippen LogP contribution in [0.5, 0.6) is 0 Å². The van der Waals surface area contributed by atoms with Crippen molar-refractivity contribution in [2.75, 3.05) is 0 Å². The number of nitriles is 1. The van der Waals surface area contributed by atoms with Gasteiger partial charge in [0, 0.05) is 5.56 Å². The van der Waals surface area contributed by atoms with E-state index in [0.29, 0.717) is 5.56 Å². The van der Waals surface area contributed by atoms with E-state index in [1.165, 1.54) is 0 Å². The molecule has 0 saturated carbocycles. The topological polar surface area (TPSA) is 23.8 Å². The third kappa shape index (κ3) is 4.30. The van der Waals surface area contributed by atoms with Crippen LogP contribution in [0.3, 0.4) is 0 Å². The van der Waals surface area contributed by atoms with E-state index in [4.69, 9.17) is 5.26 Å². The molecule has 112 valence electrons. The average molecular weight is 293 g/mol. The van der Waals surface area contributed by atoms with Crippen LogP contribution in [-0.2, 0) is 12.8 Å². The summed E-state index contributed by atoms with van der Waals surface area (Å²) in [4.78, 5) is 0. The molecule has 0 radical (unpaired) electrons. The first-order valence-corrected chi connectivity index (χ1v) is 7.67. The van der Waals surface area contributed by atoms with Crippen molar-refractivity contribution in [1.82, 2.24) is 0 Å². The van der Waals surface area contributed by atoms with E-state index in [2.05, 4.69) is 6.07 Å². The molecule has 1 nitrogen and oxygen atoms in total. The van der Waals surface area contributed by atoms with Gasteiger partial charge in [0.15, 0.2) is 0 Å². The molecule has 0 spiro atoms. The lowest BCUT2D eigenvalue weighted by Gasteiger charge is -2.05. The number of benzene rings is 2. The number of allylic oxidation sites excluding steroid dienone is 1. The van der Waals surface area contributed by atoms with E-state index < -0.39 is 0 Å². The maximum absolute atomic E-state index is 13.8. The molecule has 0 amide bonds. The van der Waals surface area contributed by atoms with Gasteiger partial charge in [0.05, 0.1) is 11.6 Å². The Kier molecular flexibility index (Phi) is 5.91. The molecule has 2 rings (SSSR count). The maximum Gasteiger partial charge on any atom is 0.126 e. The minimum atomic E-state index is -0.150. The first kappa shape index (κ1) is 16.0. The average Bonchev–Trinajstić information content (AvgIpc) is 2.58. The Morgan fingerprint density at radius 1 is 1.09 bits per heavy atom. The van der Waals surface area contributed by atoms with E-state index in [0.717, 1.165) is 42.4 Å². The van der Waals surface area contributed by atoms with Crippen molar-refractivity contribution in [3.8, 4) is 6.07 Å². The van der Waals surface area contributed by atoms with Crippen molar-refractivity contribution in [3.63, 3.8) is 0 Å². The number of halogens is 1. The van der Waals surface area contributed by atoms with Crippen LogP contribution in [0.4, 0.5) is 4.39 Å². The molecule has 0 fully saturated rings. The van der Waals surface area contributed by atoms with Crippen LogP contribution in [0.25, 0.3) is 5.83 Å². The third-order valence-electron chi connectivity index (χ3n) is 3.66. The van der Waals surface area contributed by atoms with E-state index in [1.54, 1.807) is 6.08 Å². The van der Waals surface area contributed by atoms with Gasteiger partial charge in [0.25, 0.3) is 0 Å². The Balaban J connectivity index is 2.01. The SMILES string of the molecule is CCC/C=C(/F)c1ccc(CCc2ccccc2C#N)cc1. The second kappa shape index (κ2) is 8.14. The Labute approximate surface area is 131 Å². The zero-order chi connectivity index (χ0) is 15.8. The number of rotatable bonds is 6. The standard InChI is InChI=1S/C20H20FN/c1-2-3-8-20(21)18-13-10-16(11-14-18)9-12-17-6-4-5-7-19(17)15-22/h4-8,10-11,13-14H,2-3,9,12H2,1H3/b20-8+. The molecule has 0 atom stereocenters. The fraction of sp³-hybridized carbons (Fsp3) is 0.250. The monoisotopic (exact) mass is 293 g/mol. The fourth-order valence-electron chi connectivity index (χ4n) is 2.35. The van der Waals surface area contributed by atoms with Gasteiger partial charge in [-0.1, -0.05) is 55.8 Å². The van der Waals surface area contributed by atoms with Crippen molar-refractivity contribution >= 4 is 5.83 Å². The van der Waals surface area contributed by atoms with Gasteiger partial charge < -0.3 is 0 Å². The predicted molar refractivity (Wildman–Crippen MR) is 89.0 cm³/mol. The highest BCUT2D eigenvalue weighted by atomic mass is 19.1. The predicted octanol–water partition coefficient (Wildman–Crippen LogP) is 5.45. The molecule has 0 saturated heterocycles. The molecular formula is C20H20FN. The molecule has 0 aliphatic carbocycles. The molecule has 0 heterocycles. The van der Waals surface area contributed by atoms with Gasteiger partial charge in [-0.15, -0.1) is 0 Å². The molecule has 0 bridgehead atoms. The molecule has 22 heavy (non-hydrogen) atoms. The first-order valence-electron chi connectivity index (χ1n) is 7.67. The van der Waals surface area contributed by atoms with E-state index in [-0.39, 0.29) is 5.83 Å². The summed E-state index contributed by atoms with van der Waals surface area (Å²) in [5, 5.41) is 9.09. The molecule has 0 aliphatic heterocycles. The van der Waals surface area contributed by atoms with Gasteiger partial charge in [-0.05, 0) is 42.5 Å². The number of aryl methyl sites for hydroxylation is 2. The van der Waals surface area contributed by atoms with E-state index in [9.17, 15) is 4.39 Å².